The van der Waals surface area contributed by atoms with Crippen LogP contribution in [0.25, 0.3) is 0 Å². The van der Waals surface area contributed by atoms with Gasteiger partial charge in [-0.05, 0) is 25.0 Å². The number of carbonyl (C=O) groups excluding carboxylic acids is 1. The molecule has 1 aromatic rings. The molecular weight excluding hydrogens is 310 g/mol. The molecule has 1 atom stereocenters. The lowest BCUT2D eigenvalue weighted by molar-refractivity contribution is -0.145. The fraction of sp³-hybridized carbons (Fsp3) is 0.429. The minimum absolute atomic E-state index is 0.0777. The second-order valence-corrected chi connectivity index (χ2v) is 5.30. The van der Waals surface area contributed by atoms with Gasteiger partial charge in [0, 0.05) is 10.5 Å². The summed E-state index contributed by atoms with van der Waals surface area (Å²) in [5.74, 6) is -1.15. The van der Waals surface area contributed by atoms with E-state index in [1.54, 1.807) is 0 Å². The van der Waals surface area contributed by atoms with Crippen LogP contribution < -0.4 is 0 Å². The third-order valence-electron chi connectivity index (χ3n) is 3.05. The molecule has 0 aromatic heterocycles. The summed E-state index contributed by atoms with van der Waals surface area (Å²) in [6.07, 6.45) is 0.939. The van der Waals surface area contributed by atoms with E-state index in [-0.39, 0.29) is 24.9 Å². The highest BCUT2D eigenvalue weighted by Gasteiger charge is 2.22. The summed E-state index contributed by atoms with van der Waals surface area (Å²) in [5.41, 5.74) is 0.867. The standard InChI is InChI=1S/C14H18BrNO3/c1-3-10(2)16(9-14(18)19)13(17)8-11-6-4-5-7-12(11)15/h4-7,10H,3,8-9H2,1-2H3,(H,18,19). The first kappa shape index (κ1) is 15.7. The highest BCUT2D eigenvalue weighted by Crippen LogP contribution is 2.18. The molecule has 0 aliphatic rings. The number of hydrogen-bond donors (Lipinski definition) is 1. The van der Waals surface area contributed by atoms with E-state index in [2.05, 4.69) is 15.9 Å². The van der Waals surface area contributed by atoms with Crippen LogP contribution >= 0.6 is 15.9 Å². The van der Waals surface area contributed by atoms with Gasteiger partial charge in [-0.15, -0.1) is 0 Å². The van der Waals surface area contributed by atoms with Crippen molar-refractivity contribution in [1.82, 2.24) is 4.90 Å². The second kappa shape index (κ2) is 7.28. The number of hydrogen-bond acceptors (Lipinski definition) is 2. The van der Waals surface area contributed by atoms with Crippen LogP contribution in [0.2, 0.25) is 0 Å². The number of carbonyl (C=O) groups is 2. The Kier molecular flexibility index (Phi) is 6.02. The van der Waals surface area contributed by atoms with Crippen LogP contribution in [0.15, 0.2) is 28.7 Å². The van der Waals surface area contributed by atoms with Crippen LogP contribution in [0, 0.1) is 0 Å². The zero-order chi connectivity index (χ0) is 14.4. The molecule has 0 fully saturated rings. The van der Waals surface area contributed by atoms with E-state index >= 15 is 0 Å². The molecule has 0 saturated heterocycles. The lowest BCUT2D eigenvalue weighted by atomic mass is 10.1. The van der Waals surface area contributed by atoms with Crippen molar-refractivity contribution in [2.75, 3.05) is 6.54 Å². The number of amides is 1. The van der Waals surface area contributed by atoms with Crippen LogP contribution in [0.1, 0.15) is 25.8 Å². The highest BCUT2D eigenvalue weighted by molar-refractivity contribution is 9.10. The Morgan fingerprint density at radius 1 is 1.37 bits per heavy atom. The van der Waals surface area contributed by atoms with E-state index in [1.165, 1.54) is 4.90 Å². The van der Waals surface area contributed by atoms with Crippen LogP contribution in [-0.4, -0.2) is 34.5 Å². The maximum Gasteiger partial charge on any atom is 0.323 e. The summed E-state index contributed by atoms with van der Waals surface area (Å²) in [4.78, 5) is 24.5. The van der Waals surface area contributed by atoms with E-state index in [0.717, 1.165) is 16.5 Å². The first-order valence-electron chi connectivity index (χ1n) is 6.20. The summed E-state index contributed by atoms with van der Waals surface area (Å²) in [6, 6.07) is 7.39. The third-order valence-corrected chi connectivity index (χ3v) is 3.82. The normalized spacial score (nSPS) is 11.9. The molecular formula is C14H18BrNO3. The second-order valence-electron chi connectivity index (χ2n) is 4.44. The quantitative estimate of drug-likeness (QED) is 0.873. The predicted octanol–water partition coefficient (Wildman–Crippen LogP) is 2.70. The van der Waals surface area contributed by atoms with Crippen molar-refractivity contribution >= 4 is 27.8 Å². The van der Waals surface area contributed by atoms with Crippen molar-refractivity contribution in [3.8, 4) is 0 Å². The molecule has 0 aliphatic heterocycles. The number of benzene rings is 1. The number of aliphatic carboxylic acids is 1. The smallest absolute Gasteiger partial charge is 0.323 e. The van der Waals surface area contributed by atoms with Crippen molar-refractivity contribution in [2.24, 2.45) is 0 Å². The molecule has 104 valence electrons. The maximum atomic E-state index is 12.2. The summed E-state index contributed by atoms with van der Waals surface area (Å²) in [7, 11) is 0. The summed E-state index contributed by atoms with van der Waals surface area (Å²) < 4.78 is 0.864. The zero-order valence-corrected chi connectivity index (χ0v) is 12.7. The summed E-state index contributed by atoms with van der Waals surface area (Å²) >= 11 is 3.39. The van der Waals surface area contributed by atoms with Gasteiger partial charge in [-0.3, -0.25) is 9.59 Å². The zero-order valence-electron chi connectivity index (χ0n) is 11.1. The van der Waals surface area contributed by atoms with Crippen LogP contribution in [0.5, 0.6) is 0 Å². The van der Waals surface area contributed by atoms with Gasteiger partial charge in [-0.25, -0.2) is 0 Å². The van der Waals surface area contributed by atoms with Crippen LogP contribution in [0.3, 0.4) is 0 Å². The average Bonchev–Trinajstić information content (AvgIpc) is 2.37. The van der Waals surface area contributed by atoms with Gasteiger partial charge in [0.2, 0.25) is 5.91 Å². The fourth-order valence-corrected chi connectivity index (χ4v) is 2.19. The van der Waals surface area contributed by atoms with Gasteiger partial charge in [0.1, 0.15) is 6.54 Å². The van der Waals surface area contributed by atoms with Crippen molar-refractivity contribution in [1.29, 1.82) is 0 Å². The fourth-order valence-electron chi connectivity index (χ4n) is 1.76. The van der Waals surface area contributed by atoms with E-state index in [4.69, 9.17) is 5.11 Å². The molecule has 4 nitrogen and oxygen atoms in total. The van der Waals surface area contributed by atoms with Crippen LogP contribution in [-0.2, 0) is 16.0 Å². The van der Waals surface area contributed by atoms with Crippen molar-refractivity contribution in [3.63, 3.8) is 0 Å². The van der Waals surface area contributed by atoms with Gasteiger partial charge < -0.3 is 10.0 Å². The van der Waals surface area contributed by atoms with Gasteiger partial charge in [0.05, 0.1) is 6.42 Å². The predicted molar refractivity (Wildman–Crippen MR) is 76.9 cm³/mol. The van der Waals surface area contributed by atoms with E-state index < -0.39 is 5.97 Å². The molecule has 1 aromatic carbocycles. The summed E-state index contributed by atoms with van der Waals surface area (Å²) in [6.45, 7) is 3.55. The molecule has 0 radical (unpaired) electrons. The number of halogens is 1. The molecule has 0 saturated carbocycles. The molecule has 1 amide bonds. The van der Waals surface area contributed by atoms with Crippen molar-refractivity contribution < 1.29 is 14.7 Å². The van der Waals surface area contributed by atoms with Gasteiger partial charge in [-0.1, -0.05) is 41.1 Å². The SMILES string of the molecule is CCC(C)N(CC(=O)O)C(=O)Cc1ccccc1Br. The average molecular weight is 328 g/mol. The Morgan fingerprint density at radius 2 is 2.00 bits per heavy atom. The molecule has 1 N–H and O–H groups in total. The Hall–Kier alpha value is -1.36. The molecule has 1 unspecified atom stereocenters. The number of carboxylic acid groups (broad SMARTS) is 1. The first-order valence-corrected chi connectivity index (χ1v) is 6.99. The molecule has 5 heteroatoms. The molecule has 0 bridgehead atoms. The molecule has 0 spiro atoms. The Bertz CT molecular complexity index is 462. The maximum absolute atomic E-state index is 12.2. The van der Waals surface area contributed by atoms with Gasteiger partial charge in [-0.2, -0.15) is 0 Å². The van der Waals surface area contributed by atoms with Crippen LogP contribution in [0.4, 0.5) is 0 Å². The van der Waals surface area contributed by atoms with E-state index in [9.17, 15) is 9.59 Å². The van der Waals surface area contributed by atoms with E-state index in [0.29, 0.717) is 0 Å². The topological polar surface area (TPSA) is 57.6 Å². The Labute approximate surface area is 121 Å². The summed E-state index contributed by atoms with van der Waals surface area (Å²) in [5, 5.41) is 8.89. The van der Waals surface area contributed by atoms with Crippen molar-refractivity contribution in [3.05, 3.63) is 34.3 Å². The monoisotopic (exact) mass is 327 g/mol. The third kappa shape index (κ3) is 4.67. The Balaban J connectivity index is 2.82. The molecule has 19 heavy (non-hydrogen) atoms. The number of rotatable bonds is 6. The van der Waals surface area contributed by atoms with Gasteiger partial charge in [0.15, 0.2) is 0 Å². The number of nitrogens with zero attached hydrogens (tertiary/aromatic N) is 1. The molecule has 1 rings (SSSR count). The number of carboxylic acids is 1. The molecule has 0 heterocycles. The minimum atomic E-state index is -0.985. The minimum Gasteiger partial charge on any atom is -0.480 e. The van der Waals surface area contributed by atoms with Gasteiger partial charge in [0.25, 0.3) is 0 Å². The first-order chi connectivity index (χ1) is 8.95. The largest absolute Gasteiger partial charge is 0.480 e. The van der Waals surface area contributed by atoms with Crippen molar-refractivity contribution in [2.45, 2.75) is 32.7 Å². The van der Waals surface area contributed by atoms with Gasteiger partial charge >= 0.3 is 5.97 Å². The van der Waals surface area contributed by atoms with E-state index in [1.807, 2.05) is 38.1 Å². The molecule has 0 aliphatic carbocycles. The highest BCUT2D eigenvalue weighted by atomic mass is 79.9. The lowest BCUT2D eigenvalue weighted by Crippen LogP contribution is -2.42. The Morgan fingerprint density at radius 3 is 2.53 bits per heavy atom. The lowest BCUT2D eigenvalue weighted by Gasteiger charge is -2.27.